The van der Waals surface area contributed by atoms with E-state index in [0.717, 1.165) is 22.2 Å². The zero-order chi connectivity index (χ0) is 17.9. The molecule has 1 heterocycles. The first kappa shape index (κ1) is 16.0. The molecule has 4 aromatic rings. The molecular weight excluding hydrogens is 329 g/mol. The van der Waals surface area contributed by atoms with Crippen molar-refractivity contribution in [2.75, 3.05) is 5.32 Å². The van der Waals surface area contributed by atoms with Gasteiger partial charge in [-0.2, -0.15) is 0 Å². The normalized spacial score (nSPS) is 10.8. The number of benzene rings is 3. The number of aromatic amines is 1. The number of aromatic nitrogens is 2. The number of fused-ring (bicyclic) bond motifs is 1. The molecule has 26 heavy (non-hydrogen) atoms. The Morgan fingerprint density at radius 1 is 0.962 bits per heavy atom. The number of hydrogen-bond acceptors (Lipinski definition) is 2. The van der Waals surface area contributed by atoms with Crippen molar-refractivity contribution >= 4 is 22.6 Å². The van der Waals surface area contributed by atoms with Gasteiger partial charge in [0.15, 0.2) is 0 Å². The number of rotatable bonds is 4. The Kier molecular flexibility index (Phi) is 4.19. The third kappa shape index (κ3) is 3.32. The van der Waals surface area contributed by atoms with Gasteiger partial charge in [0.2, 0.25) is 5.91 Å². The standard InChI is InChI=1S/C21H16FN3O/c22-15-11-9-14(10-12-15)13-20(26)23-17-6-2-1-5-16(17)21-24-18-7-3-4-8-19(18)25-21/h1-12H,13H2,(H,23,26)(H,24,25). The van der Waals surface area contributed by atoms with Gasteiger partial charge in [0.1, 0.15) is 11.6 Å². The van der Waals surface area contributed by atoms with Crippen molar-refractivity contribution in [3.63, 3.8) is 0 Å². The zero-order valence-electron chi connectivity index (χ0n) is 13.9. The van der Waals surface area contributed by atoms with Gasteiger partial charge in [-0.05, 0) is 42.0 Å². The fraction of sp³-hybridized carbons (Fsp3) is 0.0476. The molecule has 1 aromatic heterocycles. The first-order valence-electron chi connectivity index (χ1n) is 8.27. The number of para-hydroxylation sites is 3. The van der Waals surface area contributed by atoms with E-state index < -0.39 is 0 Å². The van der Waals surface area contributed by atoms with E-state index >= 15 is 0 Å². The third-order valence-electron chi connectivity index (χ3n) is 4.12. The van der Waals surface area contributed by atoms with Gasteiger partial charge >= 0.3 is 0 Å². The monoisotopic (exact) mass is 345 g/mol. The van der Waals surface area contributed by atoms with E-state index in [1.165, 1.54) is 12.1 Å². The van der Waals surface area contributed by atoms with Crippen molar-refractivity contribution in [2.24, 2.45) is 0 Å². The summed E-state index contributed by atoms with van der Waals surface area (Å²) in [6, 6.07) is 21.2. The molecular formula is C21H16FN3O. The molecule has 0 unspecified atom stereocenters. The summed E-state index contributed by atoms with van der Waals surface area (Å²) in [6.07, 6.45) is 0.175. The summed E-state index contributed by atoms with van der Waals surface area (Å²) in [6.45, 7) is 0. The fourth-order valence-corrected chi connectivity index (χ4v) is 2.86. The molecule has 1 amide bonds. The molecule has 0 saturated heterocycles. The van der Waals surface area contributed by atoms with Crippen LogP contribution >= 0.6 is 0 Å². The predicted molar refractivity (Wildman–Crippen MR) is 100 cm³/mol. The quantitative estimate of drug-likeness (QED) is 0.570. The van der Waals surface area contributed by atoms with Crippen molar-refractivity contribution in [3.8, 4) is 11.4 Å². The number of anilines is 1. The van der Waals surface area contributed by atoms with Crippen LogP contribution in [0.5, 0.6) is 0 Å². The highest BCUT2D eigenvalue weighted by atomic mass is 19.1. The first-order valence-corrected chi connectivity index (χ1v) is 8.27. The third-order valence-corrected chi connectivity index (χ3v) is 4.12. The summed E-state index contributed by atoms with van der Waals surface area (Å²) in [4.78, 5) is 20.3. The highest BCUT2D eigenvalue weighted by Gasteiger charge is 2.12. The molecule has 4 rings (SSSR count). The average Bonchev–Trinajstić information content (AvgIpc) is 3.08. The van der Waals surface area contributed by atoms with Crippen LogP contribution in [-0.4, -0.2) is 15.9 Å². The van der Waals surface area contributed by atoms with Gasteiger partial charge in [0.25, 0.3) is 0 Å². The molecule has 0 aliphatic rings. The Morgan fingerprint density at radius 3 is 2.50 bits per heavy atom. The summed E-state index contributed by atoms with van der Waals surface area (Å²) in [5.74, 6) is 0.216. The maximum atomic E-state index is 13.0. The number of imidazole rings is 1. The molecule has 0 radical (unpaired) electrons. The van der Waals surface area contributed by atoms with Gasteiger partial charge < -0.3 is 10.3 Å². The Bertz CT molecular complexity index is 1040. The Balaban J connectivity index is 1.59. The lowest BCUT2D eigenvalue weighted by Gasteiger charge is -2.09. The number of nitrogens with zero attached hydrogens (tertiary/aromatic N) is 1. The summed E-state index contributed by atoms with van der Waals surface area (Å²) in [7, 11) is 0. The van der Waals surface area contributed by atoms with E-state index in [-0.39, 0.29) is 18.1 Å². The lowest BCUT2D eigenvalue weighted by atomic mass is 10.1. The van der Waals surface area contributed by atoms with Gasteiger partial charge in [-0.1, -0.05) is 36.4 Å². The van der Waals surface area contributed by atoms with Gasteiger partial charge in [0.05, 0.1) is 23.1 Å². The Labute approximate surface area is 149 Å². The number of hydrogen-bond donors (Lipinski definition) is 2. The molecule has 0 spiro atoms. The molecule has 0 aliphatic heterocycles. The molecule has 0 bridgehead atoms. The second-order valence-electron chi connectivity index (χ2n) is 6.00. The highest BCUT2D eigenvalue weighted by molar-refractivity contribution is 5.96. The minimum Gasteiger partial charge on any atom is -0.338 e. The van der Waals surface area contributed by atoms with Crippen LogP contribution in [0.3, 0.4) is 0 Å². The number of halogens is 1. The number of nitrogens with one attached hydrogen (secondary N) is 2. The second kappa shape index (κ2) is 6.80. The van der Waals surface area contributed by atoms with Gasteiger partial charge in [-0.25, -0.2) is 9.37 Å². The minimum absolute atomic E-state index is 0.167. The Hall–Kier alpha value is -3.47. The molecule has 2 N–H and O–H groups in total. The smallest absolute Gasteiger partial charge is 0.228 e. The molecule has 5 heteroatoms. The largest absolute Gasteiger partial charge is 0.338 e. The van der Waals surface area contributed by atoms with Crippen molar-refractivity contribution < 1.29 is 9.18 Å². The van der Waals surface area contributed by atoms with E-state index in [1.54, 1.807) is 12.1 Å². The van der Waals surface area contributed by atoms with E-state index in [0.29, 0.717) is 11.5 Å². The average molecular weight is 345 g/mol. The molecule has 4 nitrogen and oxygen atoms in total. The maximum absolute atomic E-state index is 13.0. The SMILES string of the molecule is O=C(Cc1ccc(F)cc1)Nc1ccccc1-c1nc2ccccc2[nH]1. The lowest BCUT2D eigenvalue weighted by molar-refractivity contribution is -0.115. The van der Waals surface area contributed by atoms with E-state index in [2.05, 4.69) is 15.3 Å². The number of H-pyrrole nitrogens is 1. The molecule has 0 atom stereocenters. The number of carbonyl (C=O) groups excluding carboxylic acids is 1. The van der Waals surface area contributed by atoms with Gasteiger partial charge in [0, 0.05) is 5.56 Å². The fourth-order valence-electron chi connectivity index (χ4n) is 2.86. The second-order valence-corrected chi connectivity index (χ2v) is 6.00. The predicted octanol–water partition coefficient (Wildman–Crippen LogP) is 4.55. The first-order chi connectivity index (χ1) is 12.7. The van der Waals surface area contributed by atoms with E-state index in [4.69, 9.17) is 0 Å². The molecule has 0 saturated carbocycles. The number of carbonyl (C=O) groups is 1. The van der Waals surface area contributed by atoms with Crippen molar-refractivity contribution in [3.05, 3.63) is 84.2 Å². The summed E-state index contributed by atoms with van der Waals surface area (Å²) < 4.78 is 13.0. The highest BCUT2D eigenvalue weighted by Crippen LogP contribution is 2.27. The minimum atomic E-state index is -0.315. The molecule has 128 valence electrons. The summed E-state index contributed by atoms with van der Waals surface area (Å²) in [5.41, 5.74) is 4.06. The topological polar surface area (TPSA) is 57.8 Å². The van der Waals surface area contributed by atoms with E-state index in [1.807, 2.05) is 48.5 Å². The zero-order valence-corrected chi connectivity index (χ0v) is 13.9. The summed E-state index contributed by atoms with van der Waals surface area (Å²) in [5, 5.41) is 2.92. The number of amides is 1. The van der Waals surface area contributed by atoms with Crippen LogP contribution in [0.15, 0.2) is 72.8 Å². The van der Waals surface area contributed by atoms with Crippen molar-refractivity contribution in [2.45, 2.75) is 6.42 Å². The van der Waals surface area contributed by atoms with Crippen LogP contribution < -0.4 is 5.32 Å². The van der Waals surface area contributed by atoms with Crippen molar-refractivity contribution in [1.82, 2.24) is 9.97 Å². The van der Waals surface area contributed by atoms with Gasteiger partial charge in [-0.3, -0.25) is 4.79 Å². The van der Waals surface area contributed by atoms with Gasteiger partial charge in [-0.15, -0.1) is 0 Å². The lowest BCUT2D eigenvalue weighted by Crippen LogP contribution is -2.15. The van der Waals surface area contributed by atoms with Crippen molar-refractivity contribution in [1.29, 1.82) is 0 Å². The van der Waals surface area contributed by atoms with Crippen LogP contribution in [0.25, 0.3) is 22.4 Å². The van der Waals surface area contributed by atoms with Crippen LogP contribution in [-0.2, 0) is 11.2 Å². The molecule has 0 aliphatic carbocycles. The molecule has 0 fully saturated rings. The van der Waals surface area contributed by atoms with Crippen LogP contribution in [0.2, 0.25) is 0 Å². The van der Waals surface area contributed by atoms with Crippen LogP contribution in [0.1, 0.15) is 5.56 Å². The van der Waals surface area contributed by atoms with Crippen LogP contribution in [0, 0.1) is 5.82 Å². The summed E-state index contributed by atoms with van der Waals surface area (Å²) >= 11 is 0. The van der Waals surface area contributed by atoms with Crippen LogP contribution in [0.4, 0.5) is 10.1 Å². The Morgan fingerprint density at radius 2 is 1.69 bits per heavy atom. The molecule has 3 aromatic carbocycles. The maximum Gasteiger partial charge on any atom is 0.228 e. The van der Waals surface area contributed by atoms with E-state index in [9.17, 15) is 9.18 Å².